The maximum atomic E-state index is 12.4. The predicted octanol–water partition coefficient (Wildman–Crippen LogP) is 14.9. The Balaban J connectivity index is 1.72. The summed E-state index contributed by atoms with van der Waals surface area (Å²) in [6, 6.07) is 17.6. The highest BCUT2D eigenvalue weighted by Gasteiger charge is 2.23. The van der Waals surface area contributed by atoms with Crippen LogP contribution in [-0.4, -0.2) is 34.5 Å². The summed E-state index contributed by atoms with van der Waals surface area (Å²) in [5.41, 5.74) is 12.1. The zero-order valence-corrected chi connectivity index (χ0v) is 41.0. The first-order valence-corrected chi connectivity index (χ1v) is 25.7. The average molecular weight is 887 g/mol. The Hall–Kier alpha value is -4.71. The van der Waals surface area contributed by atoms with Gasteiger partial charge in [-0.1, -0.05) is 160 Å². The molecule has 5 rings (SSSR count). The predicted molar refractivity (Wildman–Crippen MR) is 269 cm³/mol. The van der Waals surface area contributed by atoms with Gasteiger partial charge < -0.3 is 24.8 Å². The Kier molecular flexibility index (Phi) is 21.3. The maximum absolute atomic E-state index is 12.4. The lowest BCUT2D eigenvalue weighted by molar-refractivity contribution is -0.139. The van der Waals surface area contributed by atoms with Gasteiger partial charge in [0.2, 0.25) is 0 Å². The number of phenols is 3. The summed E-state index contributed by atoms with van der Waals surface area (Å²) in [6.45, 7) is 14.9. The van der Waals surface area contributed by atoms with Crippen LogP contribution < -0.4 is 4.74 Å². The molecule has 0 aromatic heterocycles. The van der Waals surface area contributed by atoms with Gasteiger partial charge >= 0.3 is 5.97 Å². The fourth-order valence-corrected chi connectivity index (χ4v) is 9.52. The smallest absolute Gasteiger partial charge is 0.333 e. The highest BCUT2D eigenvalue weighted by Crippen LogP contribution is 2.40. The number of ether oxygens (including phenoxy) is 2. The molecule has 6 nitrogen and oxygen atoms in total. The highest BCUT2D eigenvalue weighted by molar-refractivity contribution is 5.86. The van der Waals surface area contributed by atoms with Crippen molar-refractivity contribution in [3.05, 3.63) is 127 Å². The van der Waals surface area contributed by atoms with E-state index >= 15 is 0 Å². The quantitative estimate of drug-likeness (QED) is 0.0291. The van der Waals surface area contributed by atoms with Crippen LogP contribution in [0.5, 0.6) is 23.0 Å². The van der Waals surface area contributed by atoms with Gasteiger partial charge in [-0.2, -0.15) is 0 Å². The lowest BCUT2D eigenvalue weighted by Crippen LogP contribution is -2.11. The molecule has 0 heterocycles. The zero-order valence-electron chi connectivity index (χ0n) is 41.0. The Bertz CT molecular complexity index is 2030. The van der Waals surface area contributed by atoms with E-state index in [4.69, 9.17) is 9.47 Å². The summed E-state index contributed by atoms with van der Waals surface area (Å²) in [5.74, 6) is 1.15. The molecule has 0 saturated carbocycles. The van der Waals surface area contributed by atoms with E-state index in [1.807, 2.05) is 0 Å². The van der Waals surface area contributed by atoms with Crippen molar-refractivity contribution in [3.8, 4) is 23.0 Å². The number of phenolic OH excluding ortho intramolecular Hbond substituents is 3. The Labute approximate surface area is 392 Å². The van der Waals surface area contributed by atoms with Gasteiger partial charge in [0.1, 0.15) is 23.0 Å². The lowest BCUT2D eigenvalue weighted by Gasteiger charge is -2.22. The number of carbonyl (C=O) groups is 1. The van der Waals surface area contributed by atoms with E-state index in [1.165, 1.54) is 73.6 Å². The molecular weight excluding hydrogens is 805 g/mol. The van der Waals surface area contributed by atoms with Crippen LogP contribution >= 0.6 is 0 Å². The number of hydrogen-bond acceptors (Lipinski definition) is 6. The molecule has 0 spiro atoms. The van der Waals surface area contributed by atoms with Crippen molar-refractivity contribution in [2.45, 2.75) is 195 Å². The number of unbranched alkanes of at least 4 members (excludes halogenated alkanes) is 12. The van der Waals surface area contributed by atoms with Gasteiger partial charge in [0.25, 0.3) is 0 Å². The monoisotopic (exact) mass is 887 g/mol. The first-order valence-electron chi connectivity index (χ1n) is 25.7. The molecule has 4 aromatic rings. The van der Waals surface area contributed by atoms with Gasteiger partial charge in [0, 0.05) is 37.7 Å². The van der Waals surface area contributed by atoms with Crippen LogP contribution in [0.4, 0.5) is 0 Å². The molecule has 0 unspecified atom stereocenters. The van der Waals surface area contributed by atoms with E-state index < -0.39 is 5.97 Å². The largest absolute Gasteiger partial charge is 0.507 e. The summed E-state index contributed by atoms with van der Waals surface area (Å²) in [6.07, 6.45) is 24.3. The molecule has 0 saturated heterocycles. The molecule has 8 bridgehead atoms. The number of rotatable bonds is 26. The molecule has 1 aliphatic rings. The third-order valence-corrected chi connectivity index (χ3v) is 13.2. The minimum Gasteiger partial charge on any atom is -0.507 e. The van der Waals surface area contributed by atoms with Crippen molar-refractivity contribution in [2.24, 2.45) is 0 Å². The molecule has 0 radical (unpaired) electrons. The van der Waals surface area contributed by atoms with Crippen molar-refractivity contribution in [3.63, 3.8) is 0 Å². The maximum Gasteiger partial charge on any atom is 0.333 e. The van der Waals surface area contributed by atoms with Crippen LogP contribution in [0, 0.1) is 0 Å². The van der Waals surface area contributed by atoms with Gasteiger partial charge in [-0.25, -0.2) is 4.79 Å². The van der Waals surface area contributed by atoms with Gasteiger partial charge in [-0.3, -0.25) is 0 Å². The second kappa shape index (κ2) is 27.1. The van der Waals surface area contributed by atoms with Gasteiger partial charge in [0.15, 0.2) is 0 Å². The fraction of sp³-hybridized carbons (Fsp3) is 0.542. The minimum atomic E-state index is -0.406. The Morgan fingerprint density at radius 3 is 1.03 bits per heavy atom. The zero-order chi connectivity index (χ0) is 46.6. The highest BCUT2D eigenvalue weighted by atomic mass is 16.5. The molecule has 0 amide bonds. The van der Waals surface area contributed by atoms with E-state index in [0.717, 1.165) is 127 Å². The summed E-state index contributed by atoms with van der Waals surface area (Å²) >= 11 is 0. The third-order valence-electron chi connectivity index (χ3n) is 13.2. The number of esters is 1. The lowest BCUT2D eigenvalue weighted by atomic mass is 9.87. The Morgan fingerprint density at radius 1 is 0.446 bits per heavy atom. The molecule has 0 aliphatic heterocycles. The second-order valence-electron chi connectivity index (χ2n) is 19.1. The molecule has 4 aromatic carbocycles. The van der Waals surface area contributed by atoms with Crippen LogP contribution in [0.1, 0.15) is 211 Å². The molecule has 354 valence electrons. The van der Waals surface area contributed by atoms with E-state index in [0.29, 0.717) is 44.3 Å². The van der Waals surface area contributed by atoms with E-state index in [1.54, 1.807) is 6.92 Å². The molecule has 0 atom stereocenters. The van der Waals surface area contributed by atoms with E-state index in [-0.39, 0.29) is 23.9 Å². The van der Waals surface area contributed by atoms with Crippen LogP contribution in [0.15, 0.2) is 60.7 Å². The first kappa shape index (κ1) is 51.3. The molecule has 6 heteroatoms. The number of aromatic hydroxyl groups is 3. The first-order chi connectivity index (χ1) is 31.5. The van der Waals surface area contributed by atoms with Crippen LogP contribution in [0.25, 0.3) is 0 Å². The topological polar surface area (TPSA) is 96.2 Å². The summed E-state index contributed by atoms with van der Waals surface area (Å²) < 4.78 is 12.3. The van der Waals surface area contributed by atoms with E-state index in [2.05, 4.69) is 82.8 Å². The number of fused-ring (bicyclic) bond motifs is 8. The van der Waals surface area contributed by atoms with Gasteiger partial charge in [-0.15, -0.1) is 0 Å². The molecule has 3 N–H and O–H groups in total. The number of hydrogen-bond donors (Lipinski definition) is 3. The van der Waals surface area contributed by atoms with Crippen molar-refractivity contribution in [2.75, 3.05) is 13.2 Å². The van der Waals surface area contributed by atoms with Crippen molar-refractivity contribution in [1.82, 2.24) is 0 Å². The molecule has 65 heavy (non-hydrogen) atoms. The second-order valence-corrected chi connectivity index (χ2v) is 19.1. The fourth-order valence-electron chi connectivity index (χ4n) is 9.52. The van der Waals surface area contributed by atoms with Crippen LogP contribution in [0.3, 0.4) is 0 Å². The average Bonchev–Trinajstić information content (AvgIpc) is 3.28. The van der Waals surface area contributed by atoms with Crippen molar-refractivity contribution < 1.29 is 29.6 Å². The number of aryl methyl sites for hydroxylation is 4. The molecule has 0 fully saturated rings. The molecular formula is C59H82O6. The summed E-state index contributed by atoms with van der Waals surface area (Å²) in [7, 11) is 0. The summed E-state index contributed by atoms with van der Waals surface area (Å²) in [5, 5.41) is 37.0. The van der Waals surface area contributed by atoms with Gasteiger partial charge in [-0.05, 0) is 125 Å². The normalized spacial score (nSPS) is 12.3. The van der Waals surface area contributed by atoms with Gasteiger partial charge in [0.05, 0.1) is 13.2 Å². The van der Waals surface area contributed by atoms with Crippen LogP contribution in [0.2, 0.25) is 0 Å². The minimum absolute atomic E-state index is 0.216. The standard InChI is InChI=1S/C59H82O6/c1-7-11-15-19-24-43-30-47-38-49-32-44(25-20-16-12-8-2)34-51(56(49)61)40-53-36-46(27-22-18-14-10-4)37-54(58(53)64-28-23-29-65-59(63)42(5)6)41-52-35-45(26-21-17-13-9-3)33-50(57(52)62)39-48(31-43)55(47)60/h30-37,60-62H,5,7-29,38-41H2,1-4,6H3. The number of carbonyl (C=O) groups excluding carboxylic acids is 1. The molecule has 1 aliphatic carbocycles. The summed E-state index contributed by atoms with van der Waals surface area (Å²) in [4.78, 5) is 12.2. The Morgan fingerprint density at radius 2 is 0.738 bits per heavy atom. The third kappa shape index (κ3) is 15.7. The van der Waals surface area contributed by atoms with Crippen LogP contribution in [-0.2, 0) is 60.9 Å². The number of benzene rings is 4. The van der Waals surface area contributed by atoms with Crippen molar-refractivity contribution >= 4 is 5.97 Å². The van der Waals surface area contributed by atoms with E-state index in [9.17, 15) is 20.1 Å². The van der Waals surface area contributed by atoms with Crippen molar-refractivity contribution in [1.29, 1.82) is 0 Å². The SMILES string of the molecule is C=C(C)C(=O)OCCCOc1c2cc(CCCCCC)cc1Cc1cc(CCCCCC)cc(c1O)Cc1cc(CCCCCC)cc(c1O)Cc1cc(CCCCCC)cc(c1O)C2.